The molecule has 0 aromatic heterocycles. The van der Waals surface area contributed by atoms with E-state index in [0.29, 0.717) is 23.6 Å². The van der Waals surface area contributed by atoms with Crippen LogP contribution in [0.4, 0.5) is 13.6 Å². The summed E-state index contributed by atoms with van der Waals surface area (Å²) in [6.45, 7) is 3.29. The molecule has 15 heteroatoms. The minimum atomic E-state index is -3.77. The highest BCUT2D eigenvalue weighted by Gasteiger charge is 2.46. The minimum absolute atomic E-state index is 0.0302. The van der Waals surface area contributed by atoms with Gasteiger partial charge in [-0.15, -0.1) is 0 Å². The molecule has 0 saturated carbocycles. The molecule has 11 nitrogen and oxygen atoms in total. The van der Waals surface area contributed by atoms with E-state index in [1.54, 1.807) is 37.3 Å². The molecule has 4 amide bonds. The van der Waals surface area contributed by atoms with Gasteiger partial charge < -0.3 is 30.7 Å². The highest BCUT2D eigenvalue weighted by atomic mass is 35.5. The number of alkyl carbamates (subject to hydrolysis) is 1. The van der Waals surface area contributed by atoms with E-state index in [-0.39, 0.29) is 35.9 Å². The second-order valence-electron chi connectivity index (χ2n) is 11.9. The summed E-state index contributed by atoms with van der Waals surface area (Å²) in [5.74, 6) is -7.10. The van der Waals surface area contributed by atoms with Crippen molar-refractivity contribution in [2.75, 3.05) is 13.1 Å². The zero-order chi connectivity index (χ0) is 37.1. The molecule has 3 aromatic carbocycles. The molecule has 1 aliphatic rings. The number of hydrogen-bond donors (Lipinski definition) is 4. The molecule has 0 spiro atoms. The van der Waals surface area contributed by atoms with Gasteiger partial charge >= 0.3 is 18.0 Å². The summed E-state index contributed by atoms with van der Waals surface area (Å²) in [7, 11) is 0. The Morgan fingerprint density at radius 2 is 1.63 bits per heavy atom. The number of carbonyl (C=O) groups excluding carboxylic acids is 5. The number of ether oxygens (including phenoxy) is 2. The molecule has 1 aliphatic heterocycles. The molecule has 0 aliphatic carbocycles. The first-order chi connectivity index (χ1) is 24.3. The van der Waals surface area contributed by atoms with Crippen LogP contribution < -0.4 is 21.3 Å². The Labute approximate surface area is 303 Å². The van der Waals surface area contributed by atoms with Gasteiger partial charge in [-0.05, 0) is 55.2 Å². The van der Waals surface area contributed by atoms with Gasteiger partial charge in [-0.2, -0.15) is 8.78 Å². The van der Waals surface area contributed by atoms with Crippen molar-refractivity contribution in [3.63, 3.8) is 0 Å². The Bertz CT molecular complexity index is 1700. The molecule has 3 aromatic rings. The summed E-state index contributed by atoms with van der Waals surface area (Å²) < 4.78 is 42.9. The molecule has 2 unspecified atom stereocenters. The Kier molecular flexibility index (Phi) is 13.7. The van der Waals surface area contributed by atoms with Crippen LogP contribution in [0.25, 0.3) is 0 Å². The summed E-state index contributed by atoms with van der Waals surface area (Å²) in [6, 6.07) is 16.0. The van der Waals surface area contributed by atoms with Crippen molar-refractivity contribution in [3.8, 4) is 0 Å². The van der Waals surface area contributed by atoms with Crippen molar-refractivity contribution in [1.82, 2.24) is 21.3 Å². The largest absolute Gasteiger partial charge is 0.450 e. The average Bonchev–Trinajstić information content (AvgIpc) is 3.50. The Hall–Kier alpha value is -4.75. The molecule has 5 atom stereocenters. The summed E-state index contributed by atoms with van der Waals surface area (Å²) >= 11 is 12.1. The molecule has 1 fully saturated rings. The molecular formula is C36H38Cl2F2N4O7. The molecule has 272 valence electrons. The van der Waals surface area contributed by atoms with Gasteiger partial charge in [0.2, 0.25) is 11.8 Å². The van der Waals surface area contributed by atoms with Crippen molar-refractivity contribution < 1.29 is 42.2 Å². The minimum Gasteiger partial charge on any atom is -0.450 e. The molecule has 1 saturated heterocycles. The maximum atomic E-state index is 16.1. The zero-order valence-electron chi connectivity index (χ0n) is 27.8. The second kappa shape index (κ2) is 18.0. The number of alkyl halides is 2. The average molecular weight is 748 g/mol. The van der Waals surface area contributed by atoms with Crippen molar-refractivity contribution in [2.45, 2.75) is 63.3 Å². The number of hydrogen-bond acceptors (Lipinski definition) is 7. The van der Waals surface area contributed by atoms with Gasteiger partial charge in [0.05, 0.1) is 6.04 Å². The van der Waals surface area contributed by atoms with E-state index in [1.807, 2.05) is 0 Å². The first-order valence-electron chi connectivity index (χ1n) is 16.2. The van der Waals surface area contributed by atoms with Crippen LogP contribution in [0.15, 0.2) is 78.9 Å². The standard InChI is InChI=1S/C36H38Cl2F2N4O7/c1-3-41-34(48)30(50-21(2)45)28(19-24-16-17-42-32(24)46)43-33(47)29(18-22-12-14-26(37)15-13-22)44-35(49)51-31(23-8-5-4-6-9-23)36(39,40)25-10-7-11-27(38)20-25/h4-15,20,24,28-31H,3,16-19H2,1-2H3,(H,41,48)(H,42,46)(H,43,47)(H,44,49)/t24-,28-,29-,30?,31?/m0/s1. The monoisotopic (exact) mass is 746 g/mol. The third kappa shape index (κ3) is 10.9. The van der Waals surface area contributed by atoms with Crippen LogP contribution in [0.3, 0.4) is 0 Å². The number of likely N-dealkylation sites (N-methyl/N-ethyl adjacent to an activating group) is 1. The summed E-state index contributed by atoms with van der Waals surface area (Å²) in [6.07, 6.45) is -4.90. The molecule has 4 N–H and O–H groups in total. The molecule has 0 bridgehead atoms. The molecule has 4 rings (SSSR count). The molecular weight excluding hydrogens is 709 g/mol. The third-order valence-corrected chi connectivity index (χ3v) is 8.61. The maximum Gasteiger partial charge on any atom is 0.408 e. The predicted molar refractivity (Wildman–Crippen MR) is 185 cm³/mol. The third-order valence-electron chi connectivity index (χ3n) is 8.12. The van der Waals surface area contributed by atoms with Gasteiger partial charge in [0, 0.05) is 48.0 Å². The highest BCUT2D eigenvalue weighted by molar-refractivity contribution is 6.30. The van der Waals surface area contributed by atoms with Crippen LogP contribution in [-0.2, 0) is 41.0 Å². The molecule has 1 heterocycles. The first-order valence-corrected chi connectivity index (χ1v) is 17.0. The normalized spacial score (nSPS) is 16.5. The van der Waals surface area contributed by atoms with E-state index in [2.05, 4.69) is 21.3 Å². The van der Waals surface area contributed by atoms with Gasteiger partial charge in [0.25, 0.3) is 5.91 Å². The van der Waals surface area contributed by atoms with Crippen LogP contribution in [0.1, 0.15) is 49.5 Å². The fourth-order valence-corrected chi connectivity index (χ4v) is 5.98. The lowest BCUT2D eigenvalue weighted by molar-refractivity contribution is -0.157. The smallest absolute Gasteiger partial charge is 0.408 e. The first kappa shape index (κ1) is 39.0. The fourth-order valence-electron chi connectivity index (χ4n) is 5.67. The van der Waals surface area contributed by atoms with Crippen LogP contribution in [0.5, 0.6) is 0 Å². The van der Waals surface area contributed by atoms with Crippen molar-refractivity contribution in [1.29, 1.82) is 0 Å². The second-order valence-corrected chi connectivity index (χ2v) is 12.8. The van der Waals surface area contributed by atoms with Gasteiger partial charge in [-0.3, -0.25) is 19.2 Å². The number of nitrogens with one attached hydrogen (secondary N) is 4. The lowest BCUT2D eigenvalue weighted by Gasteiger charge is -2.31. The van der Waals surface area contributed by atoms with Crippen LogP contribution in [0.2, 0.25) is 10.0 Å². The van der Waals surface area contributed by atoms with Gasteiger partial charge in [-0.25, -0.2) is 4.79 Å². The number of carbonyl (C=O) groups is 5. The lowest BCUT2D eigenvalue weighted by Crippen LogP contribution is -2.57. The van der Waals surface area contributed by atoms with Crippen molar-refractivity contribution >= 4 is 53.0 Å². The highest BCUT2D eigenvalue weighted by Crippen LogP contribution is 2.43. The Balaban J connectivity index is 1.66. The number of esters is 1. The lowest BCUT2D eigenvalue weighted by atomic mass is 9.93. The zero-order valence-corrected chi connectivity index (χ0v) is 29.3. The number of benzene rings is 3. The predicted octanol–water partition coefficient (Wildman–Crippen LogP) is 5.24. The summed E-state index contributed by atoms with van der Waals surface area (Å²) in [5.41, 5.74) is -0.0131. The Morgan fingerprint density at radius 3 is 2.24 bits per heavy atom. The number of halogens is 4. The summed E-state index contributed by atoms with van der Waals surface area (Å²) in [5, 5.41) is 10.8. The van der Waals surface area contributed by atoms with Gasteiger partial charge in [0.15, 0.2) is 12.2 Å². The SMILES string of the molecule is CCNC(=O)C(OC(C)=O)[C@H](C[C@@H]1CCNC1=O)NC(=O)[C@H](Cc1ccc(Cl)cc1)NC(=O)OC(c1ccccc1)C(F)(F)c1cccc(Cl)c1. The van der Waals surface area contributed by atoms with Crippen LogP contribution in [0, 0.1) is 5.92 Å². The molecule has 0 radical (unpaired) electrons. The Morgan fingerprint density at radius 1 is 0.922 bits per heavy atom. The summed E-state index contributed by atoms with van der Waals surface area (Å²) in [4.78, 5) is 65.3. The van der Waals surface area contributed by atoms with Crippen LogP contribution >= 0.6 is 23.2 Å². The van der Waals surface area contributed by atoms with Gasteiger partial charge in [0.1, 0.15) is 6.04 Å². The van der Waals surface area contributed by atoms with Crippen LogP contribution in [-0.4, -0.2) is 61.1 Å². The quantitative estimate of drug-likeness (QED) is 0.155. The maximum absolute atomic E-state index is 16.1. The van der Waals surface area contributed by atoms with Crippen molar-refractivity contribution in [3.05, 3.63) is 106 Å². The fraction of sp³-hybridized carbons (Fsp3) is 0.361. The van der Waals surface area contributed by atoms with E-state index in [0.717, 1.165) is 19.1 Å². The topological polar surface area (TPSA) is 152 Å². The van der Waals surface area contributed by atoms with Crippen molar-refractivity contribution in [2.24, 2.45) is 5.92 Å². The number of rotatable bonds is 15. The van der Waals surface area contributed by atoms with E-state index < -0.39 is 65.6 Å². The van der Waals surface area contributed by atoms with E-state index in [1.165, 1.54) is 36.4 Å². The van der Waals surface area contributed by atoms with E-state index in [9.17, 15) is 24.0 Å². The van der Waals surface area contributed by atoms with E-state index in [4.69, 9.17) is 32.7 Å². The van der Waals surface area contributed by atoms with Gasteiger partial charge in [-0.1, -0.05) is 77.8 Å². The van der Waals surface area contributed by atoms with E-state index >= 15 is 8.78 Å². The molecule has 51 heavy (non-hydrogen) atoms. The number of amides is 4.